The summed E-state index contributed by atoms with van der Waals surface area (Å²) in [4.78, 5) is 7.97. The molecule has 0 unspecified atom stereocenters. The Bertz CT molecular complexity index is 1600. The fourth-order valence-corrected chi connectivity index (χ4v) is 4.31. The molecule has 3 N–H and O–H groups in total. The van der Waals surface area contributed by atoms with Crippen molar-refractivity contribution in [3.8, 4) is 11.4 Å². The van der Waals surface area contributed by atoms with Crippen LogP contribution in [-0.2, 0) is 0 Å². The summed E-state index contributed by atoms with van der Waals surface area (Å²) in [6.07, 6.45) is 11.7. The highest BCUT2D eigenvalue weighted by Crippen LogP contribution is 2.34. The van der Waals surface area contributed by atoms with E-state index in [4.69, 9.17) is 0 Å². The number of hydrogen-bond donors (Lipinski definition) is 3. The molecule has 3 aromatic heterocycles. The molecule has 0 atom stereocenters. The molecule has 0 aliphatic rings. The summed E-state index contributed by atoms with van der Waals surface area (Å²) >= 11 is 0. The minimum atomic E-state index is -0.343. The average molecular weight is 506 g/mol. The summed E-state index contributed by atoms with van der Waals surface area (Å²) in [7, 11) is 0. The Labute approximate surface area is 222 Å². The lowest BCUT2D eigenvalue weighted by molar-refractivity contribution is 0.626. The van der Waals surface area contributed by atoms with Gasteiger partial charge in [-0.05, 0) is 62.3 Å². The number of pyridine rings is 1. The largest absolute Gasteiger partial charge is 0.359 e. The van der Waals surface area contributed by atoms with Crippen LogP contribution in [0.1, 0.15) is 42.8 Å². The Hall–Kier alpha value is -4.71. The number of aromatic nitrogens is 4. The van der Waals surface area contributed by atoms with E-state index in [1.165, 1.54) is 6.07 Å². The topological polar surface area (TPSA) is 69.4 Å². The quantitative estimate of drug-likeness (QED) is 0.191. The minimum Gasteiger partial charge on any atom is -0.359 e. The number of hydrogen-bond acceptors (Lipinski definition) is 3. The fourth-order valence-electron chi connectivity index (χ4n) is 4.31. The zero-order valence-corrected chi connectivity index (χ0v) is 22.0. The number of fused-ring (bicyclic) bond motifs is 1. The number of rotatable bonds is 10. The molecule has 38 heavy (non-hydrogen) atoms. The van der Waals surface area contributed by atoms with E-state index < -0.39 is 0 Å². The van der Waals surface area contributed by atoms with Crippen LogP contribution >= 0.6 is 0 Å². The molecule has 0 fully saturated rings. The molecule has 1 aromatic carbocycles. The maximum Gasteiger partial charge on any atom is 0.133 e. The smallest absolute Gasteiger partial charge is 0.133 e. The molecule has 0 aliphatic carbocycles. The summed E-state index contributed by atoms with van der Waals surface area (Å²) in [5.74, 6) is -0.343. The highest BCUT2D eigenvalue weighted by atomic mass is 19.1. The van der Waals surface area contributed by atoms with Crippen molar-refractivity contribution < 1.29 is 4.39 Å². The molecule has 4 rings (SSSR count). The maximum absolute atomic E-state index is 15.3. The number of benzene rings is 1. The predicted molar refractivity (Wildman–Crippen MR) is 157 cm³/mol. The number of nitrogens with zero attached hydrogens (tertiary/aromatic N) is 2. The van der Waals surface area contributed by atoms with E-state index in [1.54, 1.807) is 18.3 Å². The molecule has 3 heterocycles. The Kier molecular flexibility index (Phi) is 8.02. The zero-order chi connectivity index (χ0) is 27.2. The second-order valence-corrected chi connectivity index (χ2v) is 8.83. The minimum absolute atomic E-state index is 0.343. The molecule has 0 saturated heterocycles. The highest BCUT2D eigenvalue weighted by molar-refractivity contribution is 5.96. The van der Waals surface area contributed by atoms with Gasteiger partial charge in [-0.15, -0.1) is 0 Å². The van der Waals surface area contributed by atoms with Crippen molar-refractivity contribution in [2.45, 2.75) is 27.2 Å². The Morgan fingerprint density at radius 3 is 2.63 bits per heavy atom. The van der Waals surface area contributed by atoms with Crippen LogP contribution < -0.4 is 5.32 Å². The van der Waals surface area contributed by atoms with Gasteiger partial charge in [-0.25, -0.2) is 4.39 Å². The molecule has 192 valence electrons. The first-order valence-corrected chi connectivity index (χ1v) is 12.5. The maximum atomic E-state index is 15.3. The van der Waals surface area contributed by atoms with Crippen LogP contribution in [0.2, 0.25) is 0 Å². The van der Waals surface area contributed by atoms with E-state index in [-0.39, 0.29) is 5.82 Å². The molecule has 0 aliphatic heterocycles. The molecule has 0 amide bonds. The van der Waals surface area contributed by atoms with Crippen molar-refractivity contribution in [2.24, 2.45) is 0 Å². The number of aryl methyl sites for hydroxylation is 1. The lowest BCUT2D eigenvalue weighted by Gasteiger charge is -2.11. The first-order chi connectivity index (χ1) is 18.4. The average Bonchev–Trinajstić information content (AvgIpc) is 3.52. The van der Waals surface area contributed by atoms with Crippen molar-refractivity contribution in [3.63, 3.8) is 0 Å². The van der Waals surface area contributed by atoms with Gasteiger partial charge < -0.3 is 10.3 Å². The van der Waals surface area contributed by atoms with Gasteiger partial charge in [0.1, 0.15) is 11.5 Å². The monoisotopic (exact) mass is 505 g/mol. The Morgan fingerprint density at radius 1 is 1.16 bits per heavy atom. The van der Waals surface area contributed by atoms with E-state index in [2.05, 4.69) is 45.2 Å². The third kappa shape index (κ3) is 5.34. The van der Waals surface area contributed by atoms with Crippen molar-refractivity contribution in [1.29, 1.82) is 0 Å². The lowest BCUT2D eigenvalue weighted by atomic mass is 9.99. The number of allylic oxidation sites excluding steroid dienone is 7. The highest BCUT2D eigenvalue weighted by Gasteiger charge is 2.18. The number of H-pyrrole nitrogens is 2. The summed E-state index contributed by atoms with van der Waals surface area (Å²) in [5, 5.41) is 11.6. The SMILES string of the molecule is C=C/C=C(/c1ccccn1)c1cc(-c2n[nH]c3cc(F)c(C(/C=C(\C=C)NC(=C)CC)=C/C)cc23)[nH]c1C. The van der Waals surface area contributed by atoms with E-state index in [1.807, 2.05) is 69.3 Å². The van der Waals surface area contributed by atoms with Crippen molar-refractivity contribution in [2.75, 3.05) is 0 Å². The van der Waals surface area contributed by atoms with Gasteiger partial charge in [-0.2, -0.15) is 5.10 Å². The first kappa shape index (κ1) is 26.4. The molecule has 4 aromatic rings. The molecule has 6 heteroatoms. The van der Waals surface area contributed by atoms with Gasteiger partial charge in [0.05, 0.1) is 16.9 Å². The van der Waals surface area contributed by atoms with Gasteiger partial charge in [0.15, 0.2) is 0 Å². The van der Waals surface area contributed by atoms with Gasteiger partial charge in [0.2, 0.25) is 0 Å². The third-order valence-electron chi connectivity index (χ3n) is 6.34. The molecule has 0 radical (unpaired) electrons. The van der Waals surface area contributed by atoms with Crippen LogP contribution in [-0.4, -0.2) is 20.2 Å². The summed E-state index contributed by atoms with van der Waals surface area (Å²) < 4.78 is 15.3. The van der Waals surface area contributed by atoms with E-state index in [0.29, 0.717) is 16.8 Å². The third-order valence-corrected chi connectivity index (χ3v) is 6.34. The molecule has 0 saturated carbocycles. The van der Waals surface area contributed by atoms with Crippen LogP contribution in [0.3, 0.4) is 0 Å². The predicted octanol–water partition coefficient (Wildman–Crippen LogP) is 8.00. The van der Waals surface area contributed by atoms with Gasteiger partial charge >= 0.3 is 0 Å². The zero-order valence-electron chi connectivity index (χ0n) is 22.0. The Balaban J connectivity index is 1.80. The van der Waals surface area contributed by atoms with Crippen LogP contribution in [0.15, 0.2) is 104 Å². The number of nitrogens with one attached hydrogen (secondary N) is 3. The standard InChI is InChI=1S/C32H32FN5/c1-7-13-24(29-14-11-12-15-34-29)25-18-31(36-21(25)6)32-27-17-26(28(33)19-30(27)37-38-32)22(9-3)16-23(10-4)35-20(5)8-2/h7,9-19,35-36H,1,4-5,8H2,2-3,6H3,(H,37,38)/b22-9+,23-16+,24-13+. The van der Waals surface area contributed by atoms with Crippen LogP contribution in [0.5, 0.6) is 0 Å². The fraction of sp³-hybridized carbons (Fsp3) is 0.125. The van der Waals surface area contributed by atoms with Crippen LogP contribution in [0.4, 0.5) is 4.39 Å². The molecular weight excluding hydrogens is 473 g/mol. The molecule has 0 spiro atoms. The summed E-state index contributed by atoms with van der Waals surface area (Å²) in [6.45, 7) is 17.7. The van der Waals surface area contributed by atoms with Gasteiger partial charge in [-0.3, -0.25) is 10.1 Å². The lowest BCUT2D eigenvalue weighted by Crippen LogP contribution is -2.09. The van der Waals surface area contributed by atoms with E-state index >= 15 is 4.39 Å². The van der Waals surface area contributed by atoms with Crippen molar-refractivity contribution in [1.82, 2.24) is 25.5 Å². The van der Waals surface area contributed by atoms with E-state index in [0.717, 1.165) is 57.0 Å². The van der Waals surface area contributed by atoms with Crippen LogP contribution in [0, 0.1) is 12.7 Å². The number of aromatic amines is 2. The van der Waals surface area contributed by atoms with E-state index in [9.17, 15) is 0 Å². The van der Waals surface area contributed by atoms with Crippen molar-refractivity contribution in [3.05, 3.63) is 132 Å². The van der Waals surface area contributed by atoms with Gasteiger partial charge in [0, 0.05) is 51.4 Å². The summed E-state index contributed by atoms with van der Waals surface area (Å²) in [5.41, 5.74) is 8.68. The van der Waals surface area contributed by atoms with Gasteiger partial charge in [-0.1, -0.05) is 51.0 Å². The van der Waals surface area contributed by atoms with Crippen LogP contribution in [0.25, 0.3) is 33.4 Å². The van der Waals surface area contributed by atoms with Crippen molar-refractivity contribution >= 4 is 22.0 Å². The Morgan fingerprint density at radius 2 is 1.97 bits per heavy atom. The molecule has 5 nitrogen and oxygen atoms in total. The normalized spacial score (nSPS) is 12.6. The number of halogens is 1. The van der Waals surface area contributed by atoms with Gasteiger partial charge in [0.25, 0.3) is 0 Å². The summed E-state index contributed by atoms with van der Waals surface area (Å²) in [6, 6.07) is 11.2. The first-order valence-electron chi connectivity index (χ1n) is 12.5. The second kappa shape index (κ2) is 11.6. The second-order valence-electron chi connectivity index (χ2n) is 8.83. The molecular formula is C32H32FN5. The molecule has 0 bridgehead atoms.